The molecule has 41 heavy (non-hydrogen) atoms. The predicted octanol–water partition coefficient (Wildman–Crippen LogP) is 2.80. The molecule has 5 atom stereocenters. The van der Waals surface area contributed by atoms with Crippen LogP contribution in [0.4, 0.5) is 0 Å². The molecule has 210 valence electrons. The summed E-state index contributed by atoms with van der Waals surface area (Å²) in [5.74, 6) is 0.189. The number of benzene rings is 3. The van der Waals surface area contributed by atoms with Crippen molar-refractivity contribution >= 4 is 11.0 Å². The average Bonchev–Trinajstić information content (AvgIpc) is 3.43. The van der Waals surface area contributed by atoms with Gasteiger partial charge in [0.15, 0.2) is 0 Å². The molecular formula is C31H28N2O8. The Labute approximate surface area is 234 Å². The van der Waals surface area contributed by atoms with Gasteiger partial charge in [-0.1, -0.05) is 48.0 Å². The van der Waals surface area contributed by atoms with Crippen molar-refractivity contribution in [1.29, 1.82) is 0 Å². The molecule has 0 saturated carbocycles. The fourth-order valence-electron chi connectivity index (χ4n) is 4.86. The minimum atomic E-state index is -1.58. The lowest BCUT2D eigenvalue weighted by molar-refractivity contribution is -0.277. The molecule has 0 radical (unpaired) electrons. The van der Waals surface area contributed by atoms with Crippen LogP contribution in [0.2, 0.25) is 0 Å². The fraction of sp³-hybridized carbons (Fsp3) is 0.226. The summed E-state index contributed by atoms with van der Waals surface area (Å²) in [7, 11) is 0. The van der Waals surface area contributed by atoms with Crippen molar-refractivity contribution in [2.45, 2.75) is 37.6 Å². The summed E-state index contributed by atoms with van der Waals surface area (Å²) in [4.78, 5) is 13.7. The third-order valence-corrected chi connectivity index (χ3v) is 7.18. The van der Waals surface area contributed by atoms with Gasteiger partial charge in [0, 0.05) is 11.6 Å². The van der Waals surface area contributed by atoms with Crippen molar-refractivity contribution in [3.05, 3.63) is 101 Å². The minimum Gasteiger partial charge on any atom is -0.463 e. The van der Waals surface area contributed by atoms with Gasteiger partial charge in [-0.25, -0.2) is 4.68 Å². The summed E-state index contributed by atoms with van der Waals surface area (Å²) in [6.45, 7) is 1.43. The Morgan fingerprint density at radius 2 is 1.68 bits per heavy atom. The number of para-hydroxylation sites is 1. The standard InChI is InChI=1S/C31H28N2O8/c1-17-7-9-18(10-8-17)23-14-24(33(32-23)19-5-3-2-4-6-19)22-16-39-25-13-20(11-12-21(25)27(22)35)40-31-30(38)29(37)28(36)26(15-34)41-31/h2-14,16,26,28-31,34,36-38H,15H2,1H3/t26-,28-,29+,30-,31-/m1/s1. The topological polar surface area (TPSA) is 147 Å². The molecule has 10 heteroatoms. The first kappa shape index (κ1) is 26.9. The van der Waals surface area contributed by atoms with Gasteiger partial charge in [0.2, 0.25) is 11.7 Å². The molecule has 1 saturated heterocycles. The van der Waals surface area contributed by atoms with E-state index < -0.39 is 37.3 Å². The van der Waals surface area contributed by atoms with Crippen LogP contribution in [0.15, 0.2) is 94.3 Å². The number of hydrogen-bond acceptors (Lipinski definition) is 9. The number of ether oxygens (including phenoxy) is 2. The van der Waals surface area contributed by atoms with Gasteiger partial charge in [0.25, 0.3) is 0 Å². The Morgan fingerprint density at radius 3 is 2.41 bits per heavy atom. The summed E-state index contributed by atoms with van der Waals surface area (Å²) in [6, 6.07) is 23.8. The maximum absolute atomic E-state index is 13.7. The number of aliphatic hydroxyl groups is 4. The Bertz CT molecular complexity index is 1730. The molecule has 1 aliphatic rings. The second kappa shape index (κ2) is 10.9. The van der Waals surface area contributed by atoms with Crippen molar-refractivity contribution < 1.29 is 34.3 Å². The van der Waals surface area contributed by atoms with Crippen molar-refractivity contribution in [3.8, 4) is 34.0 Å². The highest BCUT2D eigenvalue weighted by atomic mass is 16.7. The van der Waals surface area contributed by atoms with Crippen LogP contribution in [0.3, 0.4) is 0 Å². The molecule has 10 nitrogen and oxygen atoms in total. The van der Waals surface area contributed by atoms with E-state index in [0.717, 1.165) is 16.8 Å². The lowest BCUT2D eigenvalue weighted by Gasteiger charge is -2.39. The van der Waals surface area contributed by atoms with Crippen LogP contribution in [-0.2, 0) is 4.74 Å². The van der Waals surface area contributed by atoms with Crippen LogP contribution in [0.25, 0.3) is 39.2 Å². The van der Waals surface area contributed by atoms with Crippen LogP contribution < -0.4 is 10.2 Å². The van der Waals surface area contributed by atoms with Crippen molar-refractivity contribution in [3.63, 3.8) is 0 Å². The summed E-state index contributed by atoms with van der Waals surface area (Å²) in [5, 5.41) is 44.9. The van der Waals surface area contributed by atoms with E-state index in [4.69, 9.17) is 19.0 Å². The number of rotatable bonds is 6. The van der Waals surface area contributed by atoms with E-state index in [0.29, 0.717) is 22.3 Å². The van der Waals surface area contributed by atoms with Gasteiger partial charge >= 0.3 is 0 Å². The normalized spacial score (nSPS) is 22.6. The molecule has 0 bridgehead atoms. The predicted molar refractivity (Wildman–Crippen MR) is 150 cm³/mol. The second-order valence-corrected chi connectivity index (χ2v) is 9.98. The van der Waals surface area contributed by atoms with Crippen LogP contribution in [-0.4, -0.2) is 67.5 Å². The van der Waals surface area contributed by atoms with E-state index in [2.05, 4.69) is 0 Å². The molecule has 0 spiro atoms. The quantitative estimate of drug-likeness (QED) is 0.248. The zero-order valence-electron chi connectivity index (χ0n) is 22.0. The molecular weight excluding hydrogens is 528 g/mol. The van der Waals surface area contributed by atoms with E-state index >= 15 is 0 Å². The Kier molecular flexibility index (Phi) is 7.16. The number of aliphatic hydroxyl groups excluding tert-OH is 4. The SMILES string of the molecule is Cc1ccc(-c2cc(-c3coc4cc(O[C@@H]5O[C@H](CO)[C@@H](O)[C@H](O)[C@H]5O)ccc4c3=O)n(-c3ccccc3)n2)cc1. The van der Waals surface area contributed by atoms with Crippen molar-refractivity contribution in [1.82, 2.24) is 9.78 Å². The van der Waals surface area contributed by atoms with Crippen LogP contribution in [0, 0.1) is 6.92 Å². The maximum Gasteiger partial charge on any atom is 0.229 e. The molecule has 0 amide bonds. The molecule has 1 aliphatic heterocycles. The van der Waals surface area contributed by atoms with Gasteiger partial charge in [0.1, 0.15) is 42.0 Å². The molecule has 1 fully saturated rings. The van der Waals surface area contributed by atoms with Crippen LogP contribution in [0.1, 0.15) is 5.56 Å². The molecule has 2 aromatic heterocycles. The molecule has 3 aromatic carbocycles. The first-order valence-electron chi connectivity index (χ1n) is 13.1. The van der Waals surface area contributed by atoms with Crippen LogP contribution in [0.5, 0.6) is 5.75 Å². The number of aryl methyl sites for hydroxylation is 1. The molecule has 5 aromatic rings. The van der Waals surface area contributed by atoms with Crippen molar-refractivity contribution in [2.75, 3.05) is 6.61 Å². The smallest absolute Gasteiger partial charge is 0.229 e. The number of aromatic nitrogens is 2. The van der Waals surface area contributed by atoms with E-state index in [1.54, 1.807) is 4.68 Å². The molecule has 3 heterocycles. The molecule has 0 aliphatic carbocycles. The summed E-state index contributed by atoms with van der Waals surface area (Å²) in [5.41, 5.74) is 4.34. The maximum atomic E-state index is 13.7. The second-order valence-electron chi connectivity index (χ2n) is 9.98. The highest BCUT2D eigenvalue weighted by molar-refractivity contribution is 5.83. The Morgan fingerprint density at radius 1 is 0.927 bits per heavy atom. The molecule has 4 N–H and O–H groups in total. The Hall–Kier alpha value is -4.32. The zero-order chi connectivity index (χ0) is 28.7. The molecule has 6 rings (SSSR count). The van der Waals surface area contributed by atoms with Gasteiger partial charge in [-0.2, -0.15) is 5.10 Å². The van der Waals surface area contributed by atoms with E-state index in [-0.39, 0.29) is 16.8 Å². The highest BCUT2D eigenvalue weighted by Gasteiger charge is 2.44. The summed E-state index contributed by atoms with van der Waals surface area (Å²) in [6.07, 6.45) is -5.76. The van der Waals surface area contributed by atoms with Gasteiger partial charge < -0.3 is 34.3 Å². The third-order valence-electron chi connectivity index (χ3n) is 7.18. The number of hydrogen-bond donors (Lipinski definition) is 4. The first-order chi connectivity index (χ1) is 19.8. The van der Waals surface area contributed by atoms with Gasteiger partial charge in [0.05, 0.1) is 34.6 Å². The van der Waals surface area contributed by atoms with E-state index in [9.17, 15) is 25.2 Å². The lowest BCUT2D eigenvalue weighted by atomic mass is 9.99. The minimum absolute atomic E-state index is 0.189. The van der Waals surface area contributed by atoms with Crippen LogP contribution >= 0.6 is 0 Å². The van der Waals surface area contributed by atoms with Gasteiger partial charge in [-0.15, -0.1) is 0 Å². The monoisotopic (exact) mass is 556 g/mol. The highest BCUT2D eigenvalue weighted by Crippen LogP contribution is 2.30. The first-order valence-corrected chi connectivity index (χ1v) is 13.1. The lowest BCUT2D eigenvalue weighted by Crippen LogP contribution is -2.60. The summed E-state index contributed by atoms with van der Waals surface area (Å²) < 4.78 is 18.7. The average molecular weight is 557 g/mol. The zero-order valence-corrected chi connectivity index (χ0v) is 22.0. The van der Waals surface area contributed by atoms with E-state index in [1.165, 1.54) is 24.5 Å². The third kappa shape index (κ3) is 5.03. The summed E-state index contributed by atoms with van der Waals surface area (Å²) >= 11 is 0. The largest absolute Gasteiger partial charge is 0.463 e. The Balaban J connectivity index is 1.37. The van der Waals surface area contributed by atoms with Gasteiger partial charge in [-0.3, -0.25) is 4.79 Å². The van der Waals surface area contributed by atoms with E-state index in [1.807, 2.05) is 67.6 Å². The van der Waals surface area contributed by atoms with Gasteiger partial charge in [-0.05, 0) is 37.3 Å². The molecule has 0 unspecified atom stereocenters. The fourth-order valence-corrected chi connectivity index (χ4v) is 4.86. The van der Waals surface area contributed by atoms with Crippen molar-refractivity contribution in [2.24, 2.45) is 0 Å². The number of nitrogens with zero attached hydrogens (tertiary/aromatic N) is 2. The number of fused-ring (bicyclic) bond motifs is 1.